The summed E-state index contributed by atoms with van der Waals surface area (Å²) in [6, 6.07) is 12.4. The third-order valence-electron chi connectivity index (χ3n) is 4.32. The highest BCUT2D eigenvalue weighted by molar-refractivity contribution is 5.82. The zero-order valence-electron chi connectivity index (χ0n) is 14.7. The maximum atomic E-state index is 12.4. The molecule has 0 aliphatic heterocycles. The highest BCUT2D eigenvalue weighted by Gasteiger charge is 2.31. The van der Waals surface area contributed by atoms with Crippen LogP contribution in [0.1, 0.15) is 16.7 Å². The van der Waals surface area contributed by atoms with Crippen LogP contribution in [-0.2, 0) is 12.8 Å². The minimum atomic E-state index is -4.69. The number of nitrogens with zero attached hydrogens (tertiary/aromatic N) is 3. The molecule has 0 unspecified atom stereocenters. The second-order valence-electron chi connectivity index (χ2n) is 6.37. The van der Waals surface area contributed by atoms with Gasteiger partial charge in [-0.05, 0) is 59.9 Å². The normalized spacial score (nSPS) is 11.9. The van der Waals surface area contributed by atoms with Crippen molar-refractivity contribution >= 4 is 11.0 Å². The molecule has 4 aromatic rings. The molecule has 0 aliphatic carbocycles. The van der Waals surface area contributed by atoms with Crippen molar-refractivity contribution in [3.8, 4) is 17.3 Å². The third kappa shape index (κ3) is 3.98. The number of nitrogens with one attached hydrogen (secondary N) is 1. The first-order chi connectivity index (χ1) is 13.4. The first-order valence-electron chi connectivity index (χ1n) is 8.49. The Hall–Kier alpha value is -3.36. The average Bonchev–Trinajstić information content (AvgIpc) is 3.29. The van der Waals surface area contributed by atoms with E-state index in [-0.39, 0.29) is 5.75 Å². The molecule has 0 atom stereocenters. The van der Waals surface area contributed by atoms with E-state index in [9.17, 15) is 13.2 Å². The molecule has 0 fully saturated rings. The Morgan fingerprint density at radius 1 is 1.04 bits per heavy atom. The van der Waals surface area contributed by atoms with Crippen LogP contribution < -0.4 is 4.74 Å². The van der Waals surface area contributed by atoms with Crippen LogP contribution in [0.4, 0.5) is 13.2 Å². The largest absolute Gasteiger partial charge is 0.573 e. The molecule has 0 bridgehead atoms. The van der Waals surface area contributed by atoms with E-state index in [4.69, 9.17) is 4.42 Å². The number of benzene rings is 2. The lowest BCUT2D eigenvalue weighted by atomic mass is 10.0. The summed E-state index contributed by atoms with van der Waals surface area (Å²) in [5, 5.41) is 14.6. The smallest absolute Gasteiger partial charge is 0.453 e. The molecule has 2 heterocycles. The van der Waals surface area contributed by atoms with E-state index in [1.807, 2.05) is 24.3 Å². The lowest BCUT2D eigenvalue weighted by molar-refractivity contribution is -0.274. The zero-order valence-corrected chi connectivity index (χ0v) is 14.7. The van der Waals surface area contributed by atoms with Gasteiger partial charge in [0.2, 0.25) is 5.82 Å². The number of furan rings is 1. The second-order valence-corrected chi connectivity index (χ2v) is 6.37. The van der Waals surface area contributed by atoms with Crippen LogP contribution in [0.3, 0.4) is 0 Å². The monoisotopic (exact) mass is 388 g/mol. The molecule has 4 rings (SSSR count). The molecule has 2 aromatic heterocycles. The quantitative estimate of drug-likeness (QED) is 0.540. The number of halogens is 3. The van der Waals surface area contributed by atoms with E-state index < -0.39 is 6.36 Å². The molecular formula is C19H15F3N4O2. The molecule has 0 spiro atoms. The number of alkyl halides is 3. The first kappa shape index (κ1) is 18.0. The molecule has 0 radical (unpaired) electrons. The molecule has 0 saturated carbocycles. The van der Waals surface area contributed by atoms with Crippen LogP contribution in [0.25, 0.3) is 22.6 Å². The zero-order chi connectivity index (χ0) is 19.7. The Bertz CT molecular complexity index is 1100. The Morgan fingerprint density at radius 2 is 1.79 bits per heavy atom. The molecule has 0 amide bonds. The van der Waals surface area contributed by atoms with E-state index in [0.29, 0.717) is 35.6 Å². The predicted molar refractivity (Wildman–Crippen MR) is 94.7 cm³/mol. The summed E-state index contributed by atoms with van der Waals surface area (Å²) in [7, 11) is 0. The summed E-state index contributed by atoms with van der Waals surface area (Å²) in [4.78, 5) is 0. The Morgan fingerprint density at radius 3 is 2.46 bits per heavy atom. The maximum absolute atomic E-state index is 12.4. The summed E-state index contributed by atoms with van der Waals surface area (Å²) in [6.07, 6.45) is -3.30. The number of aromatic amines is 1. The van der Waals surface area contributed by atoms with E-state index in [1.54, 1.807) is 19.1 Å². The van der Waals surface area contributed by atoms with E-state index in [0.717, 1.165) is 16.5 Å². The fourth-order valence-electron chi connectivity index (χ4n) is 3.00. The van der Waals surface area contributed by atoms with Crippen LogP contribution in [0, 0.1) is 6.92 Å². The van der Waals surface area contributed by atoms with Crippen molar-refractivity contribution in [2.24, 2.45) is 0 Å². The number of rotatable bonds is 5. The molecule has 9 heteroatoms. The number of hydrogen-bond acceptors (Lipinski definition) is 5. The van der Waals surface area contributed by atoms with Crippen molar-refractivity contribution in [3.05, 3.63) is 59.2 Å². The third-order valence-corrected chi connectivity index (χ3v) is 4.32. The fraction of sp³-hybridized carbons (Fsp3) is 0.211. The van der Waals surface area contributed by atoms with E-state index in [1.165, 1.54) is 6.07 Å². The van der Waals surface area contributed by atoms with Gasteiger partial charge in [-0.2, -0.15) is 5.21 Å². The molecule has 144 valence electrons. The summed E-state index contributed by atoms with van der Waals surface area (Å²) in [6.45, 7) is 1.60. The lowest BCUT2D eigenvalue weighted by Gasteiger charge is -2.12. The summed E-state index contributed by atoms with van der Waals surface area (Å²) >= 11 is 0. The lowest BCUT2D eigenvalue weighted by Crippen LogP contribution is -2.17. The van der Waals surface area contributed by atoms with E-state index >= 15 is 0 Å². The molecule has 28 heavy (non-hydrogen) atoms. The highest BCUT2D eigenvalue weighted by atomic mass is 19.4. The number of tetrazole rings is 1. The van der Waals surface area contributed by atoms with Gasteiger partial charge in [0.05, 0.1) is 0 Å². The van der Waals surface area contributed by atoms with Gasteiger partial charge in [-0.3, -0.25) is 0 Å². The Kier molecular flexibility index (Phi) is 4.50. The van der Waals surface area contributed by atoms with Gasteiger partial charge < -0.3 is 9.15 Å². The van der Waals surface area contributed by atoms with Crippen molar-refractivity contribution in [2.75, 3.05) is 0 Å². The fourth-order valence-corrected chi connectivity index (χ4v) is 3.00. The SMILES string of the molecule is Cc1cc(CCc2ccc3cc(-c4nn[nH]n4)oc3c2)ccc1OC(F)(F)F. The number of aryl methyl sites for hydroxylation is 3. The summed E-state index contributed by atoms with van der Waals surface area (Å²) in [5.74, 6) is 0.730. The summed E-state index contributed by atoms with van der Waals surface area (Å²) in [5.41, 5.74) is 3.14. The molecule has 2 aromatic carbocycles. The molecule has 0 aliphatic rings. The highest BCUT2D eigenvalue weighted by Crippen LogP contribution is 2.28. The van der Waals surface area contributed by atoms with Crippen LogP contribution in [0.2, 0.25) is 0 Å². The summed E-state index contributed by atoms with van der Waals surface area (Å²) < 4.78 is 46.9. The van der Waals surface area contributed by atoms with Crippen LogP contribution >= 0.6 is 0 Å². The van der Waals surface area contributed by atoms with Gasteiger partial charge in [0.1, 0.15) is 11.3 Å². The standard InChI is InChI=1S/C19H15F3N4O2/c1-11-8-12(5-7-15(11)28-19(20,21)22)2-3-13-4-6-14-10-17(27-16(14)9-13)18-23-25-26-24-18/h4-10H,2-3H2,1H3,(H,23,24,25,26). The molecule has 0 saturated heterocycles. The Balaban J connectivity index is 1.47. The molecule has 6 nitrogen and oxygen atoms in total. The van der Waals surface area contributed by atoms with Crippen molar-refractivity contribution in [2.45, 2.75) is 26.1 Å². The first-order valence-corrected chi connectivity index (χ1v) is 8.49. The van der Waals surface area contributed by atoms with Crippen LogP contribution in [-0.4, -0.2) is 27.0 Å². The van der Waals surface area contributed by atoms with Gasteiger partial charge in [0.15, 0.2) is 5.76 Å². The molecule has 1 N–H and O–H groups in total. The van der Waals surface area contributed by atoms with Gasteiger partial charge in [-0.15, -0.1) is 23.4 Å². The minimum absolute atomic E-state index is 0.178. The van der Waals surface area contributed by atoms with Crippen molar-refractivity contribution in [1.82, 2.24) is 20.6 Å². The van der Waals surface area contributed by atoms with Gasteiger partial charge in [-0.1, -0.05) is 24.3 Å². The topological polar surface area (TPSA) is 76.8 Å². The number of aromatic nitrogens is 4. The maximum Gasteiger partial charge on any atom is 0.573 e. The second kappa shape index (κ2) is 6.99. The number of hydrogen-bond donors (Lipinski definition) is 1. The van der Waals surface area contributed by atoms with E-state index in [2.05, 4.69) is 25.4 Å². The van der Waals surface area contributed by atoms with Crippen molar-refractivity contribution < 1.29 is 22.3 Å². The minimum Gasteiger partial charge on any atom is -0.453 e. The van der Waals surface area contributed by atoms with Crippen molar-refractivity contribution in [3.63, 3.8) is 0 Å². The van der Waals surface area contributed by atoms with Gasteiger partial charge >= 0.3 is 6.36 Å². The molecular weight excluding hydrogens is 373 g/mol. The Labute approximate surface area is 157 Å². The van der Waals surface area contributed by atoms with Crippen LogP contribution in [0.15, 0.2) is 46.9 Å². The number of ether oxygens (including phenoxy) is 1. The predicted octanol–water partition coefficient (Wildman–Crippen LogP) is 4.61. The van der Waals surface area contributed by atoms with Crippen molar-refractivity contribution in [1.29, 1.82) is 0 Å². The average molecular weight is 388 g/mol. The number of H-pyrrole nitrogens is 1. The van der Waals surface area contributed by atoms with Gasteiger partial charge in [-0.25, -0.2) is 0 Å². The van der Waals surface area contributed by atoms with Crippen LogP contribution in [0.5, 0.6) is 5.75 Å². The number of fused-ring (bicyclic) bond motifs is 1. The van der Waals surface area contributed by atoms with Gasteiger partial charge in [0, 0.05) is 5.39 Å². The van der Waals surface area contributed by atoms with Gasteiger partial charge in [0.25, 0.3) is 0 Å².